The van der Waals surface area contributed by atoms with E-state index >= 15 is 0 Å². The smallest absolute Gasteiger partial charge is 0.478 e. The second kappa shape index (κ2) is 6.96. The number of rotatable bonds is 5. The van der Waals surface area contributed by atoms with Crippen LogP contribution in [0.25, 0.3) is 22.8 Å². The molecular weight excluding hydrogens is 353 g/mol. The first-order valence-electron chi connectivity index (χ1n) is 7.29. The van der Waals surface area contributed by atoms with E-state index in [4.69, 9.17) is 9.63 Å². The molecule has 2 aromatic carbocycles. The van der Waals surface area contributed by atoms with Crippen molar-refractivity contribution >= 4 is 5.97 Å². The van der Waals surface area contributed by atoms with Gasteiger partial charge in [0.2, 0.25) is 5.82 Å². The van der Waals surface area contributed by atoms with E-state index in [-0.39, 0.29) is 22.8 Å². The minimum atomic E-state index is -4.72. The van der Waals surface area contributed by atoms with Gasteiger partial charge in [-0.05, 0) is 29.8 Å². The summed E-state index contributed by atoms with van der Waals surface area (Å²) in [6, 6.07) is 12.0. The van der Waals surface area contributed by atoms with Crippen molar-refractivity contribution in [3.63, 3.8) is 0 Å². The van der Waals surface area contributed by atoms with Crippen molar-refractivity contribution < 1.29 is 32.3 Å². The molecule has 1 N–H and O–H groups in total. The Kier molecular flexibility index (Phi) is 4.72. The van der Waals surface area contributed by atoms with Crippen LogP contribution in [0.15, 0.2) is 53.1 Å². The van der Waals surface area contributed by atoms with Crippen LogP contribution in [0.3, 0.4) is 0 Å². The van der Waals surface area contributed by atoms with E-state index in [1.54, 1.807) is 24.3 Å². The Bertz CT molecular complexity index is 938. The Morgan fingerprint density at radius 1 is 1.12 bits per heavy atom. The highest BCUT2D eigenvalue weighted by atomic mass is 19.4. The molecule has 26 heavy (non-hydrogen) atoms. The number of benzene rings is 2. The van der Waals surface area contributed by atoms with Crippen LogP contribution < -0.4 is 0 Å². The second-order valence-electron chi connectivity index (χ2n) is 5.24. The fourth-order valence-corrected chi connectivity index (χ4v) is 2.21. The van der Waals surface area contributed by atoms with Gasteiger partial charge >= 0.3 is 12.3 Å². The van der Waals surface area contributed by atoms with Crippen LogP contribution in [-0.2, 0) is 11.3 Å². The molecule has 0 atom stereocenters. The van der Waals surface area contributed by atoms with Crippen molar-refractivity contribution in [1.82, 2.24) is 10.1 Å². The zero-order valence-electron chi connectivity index (χ0n) is 13.0. The van der Waals surface area contributed by atoms with E-state index in [1.807, 2.05) is 0 Å². The molecule has 6 nitrogen and oxygen atoms in total. The third kappa shape index (κ3) is 4.25. The molecule has 0 saturated carbocycles. The fourth-order valence-electron chi connectivity index (χ4n) is 2.21. The van der Waals surface area contributed by atoms with Crippen molar-refractivity contribution in [3.05, 3.63) is 59.7 Å². The van der Waals surface area contributed by atoms with Crippen molar-refractivity contribution in [3.8, 4) is 22.8 Å². The summed E-state index contributed by atoms with van der Waals surface area (Å²) in [7, 11) is 0. The van der Waals surface area contributed by atoms with Crippen molar-refractivity contribution in [2.75, 3.05) is 0 Å². The highest BCUT2D eigenvalue weighted by Crippen LogP contribution is 2.25. The van der Waals surface area contributed by atoms with Crippen LogP contribution in [0.1, 0.15) is 15.9 Å². The quantitative estimate of drug-likeness (QED) is 0.732. The Hall–Kier alpha value is -3.20. The van der Waals surface area contributed by atoms with Crippen LogP contribution in [0.2, 0.25) is 0 Å². The molecule has 0 amide bonds. The van der Waals surface area contributed by atoms with Crippen LogP contribution >= 0.6 is 0 Å². The fraction of sp³-hybridized carbons (Fsp3) is 0.118. The standard InChI is InChI=1S/C17H11F3N2O4/c18-17(19,20)25-9-10-3-1-5-12(7-10)15-21-14(22-26-15)11-4-2-6-13(8-11)16(23)24/h1-8H,9H2,(H,23,24). The lowest BCUT2D eigenvalue weighted by atomic mass is 10.1. The molecule has 0 saturated heterocycles. The Morgan fingerprint density at radius 2 is 1.85 bits per heavy atom. The Morgan fingerprint density at radius 3 is 2.58 bits per heavy atom. The molecule has 0 aliphatic heterocycles. The number of aromatic nitrogens is 2. The van der Waals surface area contributed by atoms with E-state index in [0.717, 1.165) is 0 Å². The van der Waals surface area contributed by atoms with E-state index in [9.17, 15) is 18.0 Å². The van der Waals surface area contributed by atoms with Gasteiger partial charge < -0.3 is 9.63 Å². The second-order valence-corrected chi connectivity index (χ2v) is 5.24. The normalized spacial score (nSPS) is 11.5. The first-order chi connectivity index (χ1) is 12.3. The molecular formula is C17H11F3N2O4. The predicted octanol–water partition coefficient (Wildman–Crippen LogP) is 4.14. The number of aromatic carboxylic acids is 1. The van der Waals surface area contributed by atoms with Gasteiger partial charge in [-0.25, -0.2) is 4.79 Å². The Balaban J connectivity index is 1.84. The molecule has 3 aromatic rings. The van der Waals surface area contributed by atoms with Crippen LogP contribution in [0, 0.1) is 0 Å². The summed E-state index contributed by atoms with van der Waals surface area (Å²) in [6.45, 7) is -0.640. The summed E-state index contributed by atoms with van der Waals surface area (Å²) in [6.07, 6.45) is -4.72. The summed E-state index contributed by atoms with van der Waals surface area (Å²) < 4.78 is 45.3. The topological polar surface area (TPSA) is 85.5 Å². The molecule has 1 heterocycles. The zero-order valence-corrected chi connectivity index (χ0v) is 13.0. The lowest BCUT2D eigenvalue weighted by Crippen LogP contribution is -2.12. The van der Waals surface area contributed by atoms with E-state index in [1.165, 1.54) is 24.3 Å². The summed E-state index contributed by atoms with van der Waals surface area (Å²) >= 11 is 0. The van der Waals surface area contributed by atoms with Gasteiger partial charge in [0.25, 0.3) is 5.89 Å². The number of carboxylic acids is 1. The number of ether oxygens (including phenoxy) is 1. The molecule has 0 aliphatic carbocycles. The summed E-state index contributed by atoms with van der Waals surface area (Å²) in [5.74, 6) is -0.831. The molecule has 134 valence electrons. The van der Waals surface area contributed by atoms with Gasteiger partial charge in [0, 0.05) is 11.1 Å². The highest BCUT2D eigenvalue weighted by Gasteiger charge is 2.29. The number of hydrogen-bond acceptors (Lipinski definition) is 5. The van der Waals surface area contributed by atoms with E-state index in [2.05, 4.69) is 14.9 Å². The summed E-state index contributed by atoms with van der Waals surface area (Å²) in [4.78, 5) is 15.2. The third-order valence-electron chi connectivity index (χ3n) is 3.37. The lowest BCUT2D eigenvalue weighted by molar-refractivity contribution is -0.330. The largest absolute Gasteiger partial charge is 0.522 e. The number of alkyl halides is 3. The SMILES string of the molecule is O=C(O)c1cccc(-c2noc(-c3cccc(COC(F)(F)F)c3)n2)c1. The molecule has 0 fully saturated rings. The zero-order chi connectivity index (χ0) is 18.7. The third-order valence-corrected chi connectivity index (χ3v) is 3.37. The van der Waals surface area contributed by atoms with Crippen molar-refractivity contribution in [1.29, 1.82) is 0 Å². The van der Waals surface area contributed by atoms with Gasteiger partial charge in [-0.3, -0.25) is 4.74 Å². The number of carboxylic acid groups (broad SMARTS) is 1. The molecule has 0 bridgehead atoms. The van der Waals surface area contributed by atoms with Gasteiger partial charge in [0.05, 0.1) is 12.2 Å². The van der Waals surface area contributed by atoms with Gasteiger partial charge in [-0.2, -0.15) is 4.98 Å². The predicted molar refractivity (Wildman–Crippen MR) is 83.0 cm³/mol. The number of halogens is 3. The van der Waals surface area contributed by atoms with Crippen molar-refractivity contribution in [2.45, 2.75) is 13.0 Å². The Labute approximate surface area is 144 Å². The van der Waals surface area contributed by atoms with Gasteiger partial charge in [-0.1, -0.05) is 29.4 Å². The van der Waals surface area contributed by atoms with Crippen molar-refractivity contribution in [2.24, 2.45) is 0 Å². The van der Waals surface area contributed by atoms with E-state index < -0.39 is 18.9 Å². The first kappa shape index (κ1) is 17.6. The molecule has 0 spiro atoms. The summed E-state index contributed by atoms with van der Waals surface area (Å²) in [5.41, 5.74) is 1.21. The molecule has 0 radical (unpaired) electrons. The first-order valence-corrected chi connectivity index (χ1v) is 7.29. The maximum atomic E-state index is 12.1. The number of carbonyl (C=O) groups is 1. The minimum absolute atomic E-state index is 0.0696. The highest BCUT2D eigenvalue weighted by molar-refractivity contribution is 5.89. The maximum Gasteiger partial charge on any atom is 0.522 e. The average molecular weight is 364 g/mol. The average Bonchev–Trinajstić information content (AvgIpc) is 3.10. The van der Waals surface area contributed by atoms with E-state index in [0.29, 0.717) is 11.1 Å². The van der Waals surface area contributed by atoms with Crippen LogP contribution in [0.4, 0.5) is 13.2 Å². The minimum Gasteiger partial charge on any atom is -0.478 e. The molecule has 0 unspecified atom stereocenters. The molecule has 9 heteroatoms. The van der Waals surface area contributed by atoms with Gasteiger partial charge in [0.1, 0.15) is 0 Å². The van der Waals surface area contributed by atoms with Crippen LogP contribution in [0.5, 0.6) is 0 Å². The number of nitrogens with zero attached hydrogens (tertiary/aromatic N) is 2. The molecule has 3 rings (SSSR count). The summed E-state index contributed by atoms with van der Waals surface area (Å²) in [5, 5.41) is 12.8. The van der Waals surface area contributed by atoms with Crippen LogP contribution in [-0.4, -0.2) is 27.6 Å². The maximum absolute atomic E-state index is 12.1. The molecule has 0 aliphatic rings. The number of hydrogen-bond donors (Lipinski definition) is 1. The van der Waals surface area contributed by atoms with Gasteiger partial charge in [0.15, 0.2) is 0 Å². The molecule has 1 aromatic heterocycles. The van der Waals surface area contributed by atoms with Gasteiger partial charge in [-0.15, -0.1) is 13.2 Å². The lowest BCUT2D eigenvalue weighted by Gasteiger charge is -2.07. The monoisotopic (exact) mass is 364 g/mol.